The highest BCUT2D eigenvalue weighted by Crippen LogP contribution is 2.20. The molecule has 0 aromatic carbocycles. The first-order valence-corrected chi connectivity index (χ1v) is 3.70. The van der Waals surface area contributed by atoms with Gasteiger partial charge in [-0.05, 0) is 25.0 Å². The fourth-order valence-corrected chi connectivity index (χ4v) is 1.50. The minimum absolute atomic E-state index is 0.451. The number of hydrogen-bond donors (Lipinski definition) is 1. The van der Waals surface area contributed by atoms with Crippen molar-refractivity contribution in [1.29, 1.82) is 0 Å². The summed E-state index contributed by atoms with van der Waals surface area (Å²) >= 11 is 4.20. The van der Waals surface area contributed by atoms with E-state index in [1.165, 1.54) is 6.42 Å². The van der Waals surface area contributed by atoms with Gasteiger partial charge in [0, 0.05) is 6.61 Å². The first-order valence-electron chi connectivity index (χ1n) is 3.07. The summed E-state index contributed by atoms with van der Waals surface area (Å²) in [6, 6.07) is 0. The van der Waals surface area contributed by atoms with E-state index in [0.29, 0.717) is 12.0 Å². The Hall–Kier alpha value is 0.310. The molecular formula is C6H12OS. The molecule has 2 heteroatoms. The summed E-state index contributed by atoms with van der Waals surface area (Å²) in [7, 11) is 0. The Morgan fingerprint density at radius 3 is 2.75 bits per heavy atom. The van der Waals surface area contributed by atoms with Crippen molar-refractivity contribution in [3.05, 3.63) is 0 Å². The van der Waals surface area contributed by atoms with Gasteiger partial charge in [-0.3, -0.25) is 0 Å². The molecule has 1 fully saturated rings. The predicted octanol–water partition coefficient (Wildman–Crippen LogP) is 1.34. The maximum atomic E-state index is 5.31. The van der Waals surface area contributed by atoms with Crippen LogP contribution in [-0.4, -0.2) is 18.5 Å². The van der Waals surface area contributed by atoms with Crippen molar-refractivity contribution in [3.8, 4) is 0 Å². The Labute approximate surface area is 55.8 Å². The van der Waals surface area contributed by atoms with E-state index < -0.39 is 0 Å². The third-order valence-corrected chi connectivity index (χ3v) is 2.24. The van der Waals surface area contributed by atoms with Crippen LogP contribution in [0.2, 0.25) is 0 Å². The Morgan fingerprint density at radius 1 is 1.75 bits per heavy atom. The molecule has 2 atom stereocenters. The van der Waals surface area contributed by atoms with Crippen LogP contribution in [0.4, 0.5) is 0 Å². The van der Waals surface area contributed by atoms with Crippen molar-refractivity contribution in [2.75, 3.05) is 12.4 Å². The zero-order valence-corrected chi connectivity index (χ0v) is 6.03. The van der Waals surface area contributed by atoms with E-state index in [9.17, 15) is 0 Å². The van der Waals surface area contributed by atoms with Crippen molar-refractivity contribution in [2.24, 2.45) is 5.92 Å². The predicted molar refractivity (Wildman–Crippen MR) is 37.4 cm³/mol. The van der Waals surface area contributed by atoms with Crippen molar-refractivity contribution in [2.45, 2.75) is 19.4 Å². The monoisotopic (exact) mass is 132 g/mol. The van der Waals surface area contributed by atoms with Crippen LogP contribution >= 0.6 is 12.6 Å². The first kappa shape index (κ1) is 6.43. The average molecular weight is 132 g/mol. The fourth-order valence-electron chi connectivity index (χ4n) is 1.02. The van der Waals surface area contributed by atoms with Crippen molar-refractivity contribution >= 4 is 12.6 Å². The van der Waals surface area contributed by atoms with Gasteiger partial charge in [0.05, 0.1) is 6.10 Å². The normalized spacial score (nSPS) is 38.2. The second-order valence-electron chi connectivity index (χ2n) is 2.31. The zero-order chi connectivity index (χ0) is 5.98. The third kappa shape index (κ3) is 1.17. The lowest BCUT2D eigenvalue weighted by atomic mass is 10.1. The standard InChI is InChI=1S/C6H12OS/c1-5-6(4-8)2-3-7-5/h5-6,8H,2-4H2,1H3. The van der Waals surface area contributed by atoms with E-state index in [2.05, 4.69) is 19.6 Å². The molecule has 0 bridgehead atoms. The van der Waals surface area contributed by atoms with Crippen LogP contribution in [-0.2, 0) is 4.74 Å². The summed E-state index contributed by atoms with van der Waals surface area (Å²) in [5.74, 6) is 1.68. The van der Waals surface area contributed by atoms with E-state index in [0.717, 1.165) is 12.4 Å². The second-order valence-corrected chi connectivity index (χ2v) is 2.67. The average Bonchev–Trinajstić information content (AvgIpc) is 2.14. The molecule has 8 heavy (non-hydrogen) atoms. The van der Waals surface area contributed by atoms with Gasteiger partial charge in [0.2, 0.25) is 0 Å². The molecule has 1 saturated heterocycles. The summed E-state index contributed by atoms with van der Waals surface area (Å²) in [4.78, 5) is 0. The minimum atomic E-state index is 0.451. The van der Waals surface area contributed by atoms with Gasteiger partial charge in [0.15, 0.2) is 0 Å². The zero-order valence-electron chi connectivity index (χ0n) is 5.13. The maximum absolute atomic E-state index is 5.31. The van der Waals surface area contributed by atoms with Gasteiger partial charge in [0.1, 0.15) is 0 Å². The minimum Gasteiger partial charge on any atom is -0.378 e. The quantitative estimate of drug-likeness (QED) is 0.530. The van der Waals surface area contributed by atoms with Crippen LogP contribution in [0.3, 0.4) is 0 Å². The lowest BCUT2D eigenvalue weighted by Gasteiger charge is -2.08. The highest BCUT2D eigenvalue weighted by molar-refractivity contribution is 7.80. The van der Waals surface area contributed by atoms with Crippen LogP contribution in [0.15, 0.2) is 0 Å². The van der Waals surface area contributed by atoms with E-state index in [1.54, 1.807) is 0 Å². The SMILES string of the molecule is CC1OCCC1CS. The van der Waals surface area contributed by atoms with Crippen LogP contribution in [0.25, 0.3) is 0 Å². The highest BCUT2D eigenvalue weighted by Gasteiger charge is 2.21. The van der Waals surface area contributed by atoms with Gasteiger partial charge in [-0.2, -0.15) is 12.6 Å². The number of thiol groups is 1. The molecule has 0 amide bonds. The van der Waals surface area contributed by atoms with Gasteiger partial charge < -0.3 is 4.74 Å². The first-order chi connectivity index (χ1) is 3.84. The molecule has 0 N–H and O–H groups in total. The molecule has 1 aliphatic heterocycles. The molecule has 0 aromatic rings. The van der Waals surface area contributed by atoms with Crippen LogP contribution in [0, 0.1) is 5.92 Å². The highest BCUT2D eigenvalue weighted by atomic mass is 32.1. The molecule has 1 rings (SSSR count). The molecule has 0 radical (unpaired) electrons. The molecule has 48 valence electrons. The van der Waals surface area contributed by atoms with Gasteiger partial charge in [0.25, 0.3) is 0 Å². The molecule has 1 heterocycles. The lowest BCUT2D eigenvalue weighted by Crippen LogP contribution is -2.11. The van der Waals surface area contributed by atoms with E-state index in [4.69, 9.17) is 4.74 Å². The van der Waals surface area contributed by atoms with E-state index in [1.807, 2.05) is 0 Å². The second kappa shape index (κ2) is 2.74. The van der Waals surface area contributed by atoms with Gasteiger partial charge in [-0.25, -0.2) is 0 Å². The Morgan fingerprint density at radius 2 is 2.50 bits per heavy atom. The fraction of sp³-hybridized carbons (Fsp3) is 1.00. The molecule has 0 saturated carbocycles. The molecule has 0 aromatic heterocycles. The van der Waals surface area contributed by atoms with Crippen LogP contribution < -0.4 is 0 Å². The van der Waals surface area contributed by atoms with Crippen LogP contribution in [0.5, 0.6) is 0 Å². The third-order valence-electron chi connectivity index (χ3n) is 1.77. The molecule has 2 unspecified atom stereocenters. The van der Waals surface area contributed by atoms with Crippen molar-refractivity contribution < 1.29 is 4.74 Å². The molecular weight excluding hydrogens is 120 g/mol. The molecule has 1 aliphatic rings. The van der Waals surface area contributed by atoms with E-state index >= 15 is 0 Å². The smallest absolute Gasteiger partial charge is 0.0583 e. The summed E-state index contributed by atoms with van der Waals surface area (Å²) in [6.45, 7) is 3.06. The van der Waals surface area contributed by atoms with E-state index in [-0.39, 0.29) is 0 Å². The summed E-state index contributed by atoms with van der Waals surface area (Å²) in [6.07, 6.45) is 1.65. The molecule has 0 aliphatic carbocycles. The largest absolute Gasteiger partial charge is 0.378 e. The number of hydrogen-bond acceptors (Lipinski definition) is 2. The molecule has 1 nitrogen and oxygen atoms in total. The summed E-state index contributed by atoms with van der Waals surface area (Å²) in [5.41, 5.74) is 0. The Kier molecular flexibility index (Phi) is 2.20. The van der Waals surface area contributed by atoms with Crippen molar-refractivity contribution in [3.63, 3.8) is 0 Å². The van der Waals surface area contributed by atoms with Crippen molar-refractivity contribution in [1.82, 2.24) is 0 Å². The number of ether oxygens (including phenoxy) is 1. The maximum Gasteiger partial charge on any atom is 0.0583 e. The Bertz CT molecular complexity index is 74.9. The summed E-state index contributed by atoms with van der Waals surface area (Å²) < 4.78 is 5.31. The topological polar surface area (TPSA) is 9.23 Å². The number of rotatable bonds is 1. The summed E-state index contributed by atoms with van der Waals surface area (Å²) in [5, 5.41) is 0. The van der Waals surface area contributed by atoms with Gasteiger partial charge >= 0.3 is 0 Å². The Balaban J connectivity index is 2.30. The van der Waals surface area contributed by atoms with Crippen LogP contribution in [0.1, 0.15) is 13.3 Å². The van der Waals surface area contributed by atoms with Gasteiger partial charge in [-0.1, -0.05) is 0 Å². The van der Waals surface area contributed by atoms with Gasteiger partial charge in [-0.15, -0.1) is 0 Å². The molecule has 0 spiro atoms. The lowest BCUT2D eigenvalue weighted by molar-refractivity contribution is 0.110.